The van der Waals surface area contributed by atoms with E-state index in [1.165, 1.54) is 71.2 Å². The molecule has 0 saturated carbocycles. The van der Waals surface area contributed by atoms with E-state index in [1.54, 1.807) is 0 Å². The van der Waals surface area contributed by atoms with Crippen molar-refractivity contribution in [3.05, 3.63) is 0 Å². The Bertz CT molecular complexity index is 230. The maximum absolute atomic E-state index is 3.60. The SMILES string of the molecule is CCNC(CC)CN1CCC(N2CCCCC2)CC1. The quantitative estimate of drug-likeness (QED) is 0.797. The zero-order valence-corrected chi connectivity index (χ0v) is 13.0. The van der Waals surface area contributed by atoms with Crippen molar-refractivity contribution < 1.29 is 0 Å². The van der Waals surface area contributed by atoms with E-state index in [1.807, 2.05) is 0 Å². The van der Waals surface area contributed by atoms with Gasteiger partial charge in [-0.2, -0.15) is 0 Å². The van der Waals surface area contributed by atoms with E-state index >= 15 is 0 Å². The Morgan fingerprint density at radius 1 is 1.00 bits per heavy atom. The molecule has 0 aromatic heterocycles. The summed E-state index contributed by atoms with van der Waals surface area (Å²) >= 11 is 0. The van der Waals surface area contributed by atoms with Gasteiger partial charge in [-0.25, -0.2) is 0 Å². The third-order valence-corrected chi connectivity index (χ3v) is 4.93. The number of nitrogens with zero attached hydrogens (tertiary/aromatic N) is 2. The van der Waals surface area contributed by atoms with Crippen molar-refractivity contribution >= 4 is 0 Å². The molecule has 2 rings (SSSR count). The number of hydrogen-bond acceptors (Lipinski definition) is 3. The molecule has 0 spiro atoms. The lowest BCUT2D eigenvalue weighted by atomic mass is 9.99. The molecular weight excluding hydrogens is 234 g/mol. The monoisotopic (exact) mass is 267 g/mol. The Morgan fingerprint density at radius 3 is 2.26 bits per heavy atom. The molecule has 1 atom stereocenters. The first kappa shape index (κ1) is 15.3. The highest BCUT2D eigenvalue weighted by Crippen LogP contribution is 2.20. The average Bonchev–Trinajstić information content (AvgIpc) is 2.48. The molecule has 3 nitrogen and oxygen atoms in total. The minimum atomic E-state index is 0.691. The van der Waals surface area contributed by atoms with Crippen molar-refractivity contribution in [2.24, 2.45) is 0 Å². The van der Waals surface area contributed by atoms with Gasteiger partial charge in [0.1, 0.15) is 0 Å². The number of likely N-dealkylation sites (tertiary alicyclic amines) is 2. The lowest BCUT2D eigenvalue weighted by Crippen LogP contribution is -2.49. The molecule has 2 aliphatic heterocycles. The molecule has 0 aromatic carbocycles. The fourth-order valence-corrected chi connectivity index (χ4v) is 3.69. The summed E-state index contributed by atoms with van der Waals surface area (Å²) in [6.45, 7) is 12.2. The fraction of sp³-hybridized carbons (Fsp3) is 1.00. The summed E-state index contributed by atoms with van der Waals surface area (Å²) in [5.41, 5.74) is 0. The Hall–Kier alpha value is -0.120. The van der Waals surface area contributed by atoms with Gasteiger partial charge in [-0.05, 0) is 64.8 Å². The van der Waals surface area contributed by atoms with E-state index in [-0.39, 0.29) is 0 Å². The average molecular weight is 267 g/mol. The third kappa shape index (κ3) is 4.73. The summed E-state index contributed by atoms with van der Waals surface area (Å²) in [5, 5.41) is 3.60. The molecule has 1 unspecified atom stereocenters. The molecule has 0 bridgehead atoms. The second-order valence-corrected chi connectivity index (χ2v) is 6.29. The zero-order chi connectivity index (χ0) is 13.5. The molecule has 0 amide bonds. The first-order valence-electron chi connectivity index (χ1n) is 8.53. The zero-order valence-electron chi connectivity index (χ0n) is 13.0. The highest BCUT2D eigenvalue weighted by atomic mass is 15.2. The van der Waals surface area contributed by atoms with Gasteiger partial charge >= 0.3 is 0 Å². The summed E-state index contributed by atoms with van der Waals surface area (Å²) < 4.78 is 0. The molecule has 19 heavy (non-hydrogen) atoms. The van der Waals surface area contributed by atoms with Crippen molar-refractivity contribution in [3.63, 3.8) is 0 Å². The fourth-order valence-electron chi connectivity index (χ4n) is 3.69. The first-order chi connectivity index (χ1) is 9.33. The topological polar surface area (TPSA) is 18.5 Å². The minimum Gasteiger partial charge on any atom is -0.313 e. The van der Waals surface area contributed by atoms with Gasteiger partial charge in [0.2, 0.25) is 0 Å². The smallest absolute Gasteiger partial charge is 0.0192 e. The lowest BCUT2D eigenvalue weighted by Gasteiger charge is -2.41. The second kappa shape index (κ2) is 8.23. The predicted octanol–water partition coefficient (Wildman–Crippen LogP) is 2.32. The van der Waals surface area contributed by atoms with Gasteiger partial charge < -0.3 is 15.1 Å². The molecule has 0 radical (unpaired) electrons. The number of hydrogen-bond donors (Lipinski definition) is 1. The van der Waals surface area contributed by atoms with Crippen LogP contribution in [0, 0.1) is 0 Å². The van der Waals surface area contributed by atoms with Crippen LogP contribution in [-0.2, 0) is 0 Å². The largest absolute Gasteiger partial charge is 0.313 e. The molecule has 1 N–H and O–H groups in total. The maximum atomic E-state index is 3.60. The van der Waals surface area contributed by atoms with Crippen LogP contribution < -0.4 is 5.32 Å². The number of piperidine rings is 2. The minimum absolute atomic E-state index is 0.691. The van der Waals surface area contributed by atoms with E-state index in [9.17, 15) is 0 Å². The standard InChI is InChI=1S/C16H33N3/c1-3-15(17-4-2)14-18-12-8-16(9-13-18)19-10-6-5-7-11-19/h15-17H,3-14H2,1-2H3. The third-order valence-electron chi connectivity index (χ3n) is 4.93. The summed E-state index contributed by atoms with van der Waals surface area (Å²) in [5.74, 6) is 0. The Morgan fingerprint density at radius 2 is 1.68 bits per heavy atom. The van der Waals surface area contributed by atoms with Crippen LogP contribution >= 0.6 is 0 Å². The van der Waals surface area contributed by atoms with Crippen LogP contribution in [0.4, 0.5) is 0 Å². The molecule has 2 saturated heterocycles. The van der Waals surface area contributed by atoms with Crippen LogP contribution in [-0.4, -0.2) is 61.2 Å². The van der Waals surface area contributed by atoms with Gasteiger partial charge in [-0.3, -0.25) is 0 Å². The van der Waals surface area contributed by atoms with Gasteiger partial charge in [-0.1, -0.05) is 20.3 Å². The predicted molar refractivity (Wildman–Crippen MR) is 82.6 cm³/mol. The van der Waals surface area contributed by atoms with Crippen LogP contribution in [0.2, 0.25) is 0 Å². The van der Waals surface area contributed by atoms with E-state index in [2.05, 4.69) is 29.0 Å². The molecule has 2 heterocycles. The van der Waals surface area contributed by atoms with Gasteiger partial charge in [0.15, 0.2) is 0 Å². The highest BCUT2D eigenvalue weighted by molar-refractivity contribution is 4.83. The van der Waals surface area contributed by atoms with Gasteiger partial charge in [0.25, 0.3) is 0 Å². The van der Waals surface area contributed by atoms with Crippen molar-refractivity contribution in [3.8, 4) is 0 Å². The second-order valence-electron chi connectivity index (χ2n) is 6.29. The van der Waals surface area contributed by atoms with Crippen LogP contribution in [0.5, 0.6) is 0 Å². The molecule has 0 aliphatic carbocycles. The van der Waals surface area contributed by atoms with Crippen LogP contribution in [0.25, 0.3) is 0 Å². The first-order valence-corrected chi connectivity index (χ1v) is 8.53. The van der Waals surface area contributed by atoms with Crippen molar-refractivity contribution in [1.29, 1.82) is 0 Å². The van der Waals surface area contributed by atoms with E-state index in [4.69, 9.17) is 0 Å². The van der Waals surface area contributed by atoms with Crippen LogP contribution in [0.1, 0.15) is 52.4 Å². The van der Waals surface area contributed by atoms with E-state index in [0.717, 1.165) is 12.6 Å². The summed E-state index contributed by atoms with van der Waals surface area (Å²) in [7, 11) is 0. The Kier molecular flexibility index (Phi) is 6.62. The van der Waals surface area contributed by atoms with Crippen LogP contribution in [0.15, 0.2) is 0 Å². The van der Waals surface area contributed by atoms with Crippen molar-refractivity contribution in [2.75, 3.05) is 39.3 Å². The number of rotatable bonds is 6. The highest BCUT2D eigenvalue weighted by Gasteiger charge is 2.26. The van der Waals surface area contributed by atoms with Gasteiger partial charge in [0.05, 0.1) is 0 Å². The lowest BCUT2D eigenvalue weighted by molar-refractivity contribution is 0.0879. The Labute approximate surface area is 119 Å². The van der Waals surface area contributed by atoms with E-state index < -0.39 is 0 Å². The molecule has 2 fully saturated rings. The summed E-state index contributed by atoms with van der Waals surface area (Å²) in [6, 6.07) is 1.58. The van der Waals surface area contributed by atoms with E-state index in [0.29, 0.717) is 6.04 Å². The summed E-state index contributed by atoms with van der Waals surface area (Å²) in [4.78, 5) is 5.44. The van der Waals surface area contributed by atoms with Crippen molar-refractivity contribution in [2.45, 2.75) is 64.5 Å². The molecule has 3 heteroatoms. The molecule has 0 aromatic rings. The Balaban J connectivity index is 1.69. The van der Waals surface area contributed by atoms with Gasteiger partial charge in [0, 0.05) is 18.6 Å². The summed E-state index contributed by atoms with van der Waals surface area (Å²) in [6.07, 6.45) is 8.35. The normalized spacial score (nSPS) is 25.6. The maximum Gasteiger partial charge on any atom is 0.0192 e. The molecule has 112 valence electrons. The number of likely N-dealkylation sites (N-methyl/N-ethyl adjacent to an activating group) is 1. The molecular formula is C16H33N3. The molecule has 2 aliphatic rings. The van der Waals surface area contributed by atoms with Crippen molar-refractivity contribution in [1.82, 2.24) is 15.1 Å². The number of nitrogens with one attached hydrogen (secondary N) is 1. The van der Waals surface area contributed by atoms with Gasteiger partial charge in [-0.15, -0.1) is 0 Å². The van der Waals surface area contributed by atoms with Crippen LogP contribution in [0.3, 0.4) is 0 Å².